The highest BCUT2D eigenvalue weighted by Gasteiger charge is 2.29. The summed E-state index contributed by atoms with van der Waals surface area (Å²) in [6.45, 7) is 2.93. The monoisotopic (exact) mass is 474 g/mol. The van der Waals surface area contributed by atoms with E-state index in [1.807, 2.05) is 0 Å². The molecule has 0 aromatic heterocycles. The maximum atomic E-state index is 12.1. The number of carbonyl (C=O) groups excluding carboxylic acids is 4. The number of hydrogen-bond donors (Lipinski definition) is 1. The highest BCUT2D eigenvalue weighted by atomic mass is 31.2. The average molecular weight is 474 g/mol. The van der Waals surface area contributed by atoms with Gasteiger partial charge in [-0.05, 0) is 13.8 Å². The van der Waals surface area contributed by atoms with E-state index in [-0.39, 0.29) is 13.2 Å². The topological polar surface area (TPSA) is 179 Å². The molecule has 0 amide bonds. The molecule has 0 saturated carbocycles. The lowest BCUT2D eigenvalue weighted by Gasteiger charge is -2.21. The van der Waals surface area contributed by atoms with Crippen molar-refractivity contribution in [3.63, 3.8) is 0 Å². The second kappa shape index (κ2) is 15.4. The van der Waals surface area contributed by atoms with Crippen LogP contribution in [0.1, 0.15) is 27.7 Å². The predicted octanol–water partition coefficient (Wildman–Crippen LogP) is 1.33. The summed E-state index contributed by atoms with van der Waals surface area (Å²) in [5.41, 5.74) is 0. The Bertz CT molecular complexity index is 636. The molecule has 3 atom stereocenters. The Labute approximate surface area is 178 Å². The summed E-state index contributed by atoms with van der Waals surface area (Å²) in [4.78, 5) is 54.5. The quantitative estimate of drug-likeness (QED) is 0.216. The number of phosphoric ester groups is 1. The predicted molar refractivity (Wildman–Crippen MR) is 98.8 cm³/mol. The molecule has 0 saturated heterocycles. The van der Waals surface area contributed by atoms with Gasteiger partial charge in [0.05, 0.1) is 26.4 Å². The summed E-state index contributed by atoms with van der Waals surface area (Å²) < 4.78 is 49.6. The summed E-state index contributed by atoms with van der Waals surface area (Å²) in [5, 5.41) is 0. The number of carbonyl (C=O) groups is 4. The lowest BCUT2D eigenvalue weighted by molar-refractivity contribution is -0.158. The van der Waals surface area contributed by atoms with Crippen molar-refractivity contribution in [2.24, 2.45) is 0 Å². The van der Waals surface area contributed by atoms with Gasteiger partial charge in [-0.3, -0.25) is 18.6 Å². The van der Waals surface area contributed by atoms with Crippen LogP contribution >= 0.6 is 7.82 Å². The highest BCUT2D eigenvalue weighted by molar-refractivity contribution is 7.47. The average Bonchev–Trinajstić information content (AvgIpc) is 2.66. The molecule has 0 fully saturated rings. The SMILES string of the molecule is CCOC(=O)OCC(COP(=O)(O)OC[C@@H](COC(C)=O)OC(C)=O)OC(=O)OCC. The number of hydrogen-bond acceptors (Lipinski definition) is 13. The van der Waals surface area contributed by atoms with Crippen LogP contribution in [-0.4, -0.2) is 81.0 Å². The van der Waals surface area contributed by atoms with Gasteiger partial charge in [0.2, 0.25) is 0 Å². The van der Waals surface area contributed by atoms with E-state index in [4.69, 9.17) is 23.3 Å². The van der Waals surface area contributed by atoms with Crippen LogP contribution in [0.25, 0.3) is 0 Å². The van der Waals surface area contributed by atoms with E-state index in [2.05, 4.69) is 14.2 Å². The van der Waals surface area contributed by atoms with Gasteiger partial charge in [-0.15, -0.1) is 0 Å². The van der Waals surface area contributed by atoms with E-state index in [1.54, 1.807) is 6.92 Å². The zero-order valence-corrected chi connectivity index (χ0v) is 18.5. The van der Waals surface area contributed by atoms with Crippen molar-refractivity contribution in [3.05, 3.63) is 0 Å². The van der Waals surface area contributed by atoms with Crippen LogP contribution in [0.5, 0.6) is 0 Å². The molecule has 0 radical (unpaired) electrons. The lowest BCUT2D eigenvalue weighted by Crippen LogP contribution is -2.31. The second-order valence-corrected chi connectivity index (χ2v) is 6.96. The van der Waals surface area contributed by atoms with E-state index in [0.29, 0.717) is 0 Å². The maximum Gasteiger partial charge on any atom is 0.508 e. The first-order chi connectivity index (χ1) is 14.5. The fourth-order valence-electron chi connectivity index (χ4n) is 1.68. The summed E-state index contributed by atoms with van der Waals surface area (Å²) in [6, 6.07) is 0. The lowest BCUT2D eigenvalue weighted by atomic mass is 10.4. The number of rotatable bonds is 14. The van der Waals surface area contributed by atoms with Gasteiger partial charge >= 0.3 is 32.1 Å². The van der Waals surface area contributed by atoms with Gasteiger partial charge in [0.25, 0.3) is 0 Å². The minimum atomic E-state index is -4.75. The molecular formula is C16H27O14P. The first-order valence-corrected chi connectivity index (χ1v) is 10.5. The van der Waals surface area contributed by atoms with Crippen molar-refractivity contribution in [2.45, 2.75) is 39.9 Å². The van der Waals surface area contributed by atoms with E-state index in [9.17, 15) is 28.6 Å². The molecule has 0 heterocycles. The van der Waals surface area contributed by atoms with E-state index in [1.165, 1.54) is 6.92 Å². The van der Waals surface area contributed by atoms with Crippen molar-refractivity contribution in [2.75, 3.05) is 39.6 Å². The van der Waals surface area contributed by atoms with E-state index in [0.717, 1.165) is 13.8 Å². The molecule has 0 aliphatic heterocycles. The molecule has 2 unspecified atom stereocenters. The largest absolute Gasteiger partial charge is 0.508 e. The standard InChI is InChI=1S/C16H27O14P/c1-5-23-15(19)26-8-14(30-16(20)24-6-2)10-28-31(21,22)27-9-13(29-12(4)18)7-25-11(3)17/h13-14H,5-10H2,1-4H3,(H,21,22)/t13-,14?/m1/s1. The fraction of sp³-hybridized carbons (Fsp3) is 0.750. The zero-order chi connectivity index (χ0) is 23.9. The molecule has 1 N–H and O–H groups in total. The van der Waals surface area contributed by atoms with Gasteiger partial charge in [0.1, 0.15) is 13.2 Å². The number of ether oxygens (including phenoxy) is 6. The molecule has 0 spiro atoms. The molecule has 0 aromatic rings. The summed E-state index contributed by atoms with van der Waals surface area (Å²) in [7, 11) is -4.75. The summed E-state index contributed by atoms with van der Waals surface area (Å²) in [6.07, 6.45) is -4.70. The Morgan fingerprint density at radius 2 is 1.19 bits per heavy atom. The summed E-state index contributed by atoms with van der Waals surface area (Å²) in [5.74, 6) is -1.41. The molecule has 0 aromatic carbocycles. The second-order valence-electron chi connectivity index (χ2n) is 5.51. The number of phosphoric acid groups is 1. The Morgan fingerprint density at radius 1 is 0.710 bits per heavy atom. The van der Waals surface area contributed by atoms with Gasteiger partial charge in [-0.25, -0.2) is 14.2 Å². The van der Waals surface area contributed by atoms with Crippen molar-refractivity contribution >= 4 is 32.1 Å². The Kier molecular flexibility index (Phi) is 14.2. The van der Waals surface area contributed by atoms with E-state index < -0.39 is 70.7 Å². The van der Waals surface area contributed by atoms with Crippen molar-refractivity contribution in [3.8, 4) is 0 Å². The van der Waals surface area contributed by atoms with Gasteiger partial charge in [0, 0.05) is 13.8 Å². The Morgan fingerprint density at radius 3 is 1.68 bits per heavy atom. The fourth-order valence-corrected chi connectivity index (χ4v) is 2.46. The minimum Gasteiger partial charge on any atom is -0.462 e. The first kappa shape index (κ1) is 28.6. The zero-order valence-electron chi connectivity index (χ0n) is 17.6. The van der Waals surface area contributed by atoms with Gasteiger partial charge in [-0.1, -0.05) is 0 Å². The molecule has 0 aliphatic rings. The van der Waals surface area contributed by atoms with Gasteiger partial charge in [-0.2, -0.15) is 0 Å². The molecule has 15 heteroatoms. The van der Waals surface area contributed by atoms with Crippen LogP contribution < -0.4 is 0 Å². The molecule has 0 bridgehead atoms. The third-order valence-corrected chi connectivity index (χ3v) is 3.78. The van der Waals surface area contributed by atoms with Crippen molar-refractivity contribution in [1.29, 1.82) is 0 Å². The molecule has 180 valence electrons. The molecule has 14 nitrogen and oxygen atoms in total. The van der Waals surface area contributed by atoms with Crippen LogP contribution in [0.3, 0.4) is 0 Å². The molecular weight excluding hydrogens is 447 g/mol. The Hall–Kier alpha value is -2.41. The normalized spacial score (nSPS) is 14.4. The highest BCUT2D eigenvalue weighted by Crippen LogP contribution is 2.43. The summed E-state index contributed by atoms with van der Waals surface area (Å²) >= 11 is 0. The number of esters is 2. The molecule has 0 aliphatic carbocycles. The molecule has 31 heavy (non-hydrogen) atoms. The minimum absolute atomic E-state index is 0.00732. The van der Waals surface area contributed by atoms with E-state index >= 15 is 0 Å². The smallest absolute Gasteiger partial charge is 0.462 e. The third-order valence-electron chi connectivity index (χ3n) is 2.83. The third kappa shape index (κ3) is 16.0. The Balaban J connectivity index is 4.82. The van der Waals surface area contributed by atoms with Gasteiger partial charge in [0.15, 0.2) is 12.2 Å². The van der Waals surface area contributed by atoms with Crippen molar-refractivity contribution < 1.29 is 66.1 Å². The maximum absolute atomic E-state index is 12.1. The van der Waals surface area contributed by atoms with Gasteiger partial charge < -0.3 is 33.3 Å². The van der Waals surface area contributed by atoms with Crippen LogP contribution in [-0.2, 0) is 51.6 Å². The van der Waals surface area contributed by atoms with Crippen LogP contribution in [0.4, 0.5) is 9.59 Å². The molecule has 0 rings (SSSR count). The van der Waals surface area contributed by atoms with Crippen LogP contribution in [0.15, 0.2) is 0 Å². The van der Waals surface area contributed by atoms with Crippen LogP contribution in [0.2, 0.25) is 0 Å². The van der Waals surface area contributed by atoms with Crippen molar-refractivity contribution in [1.82, 2.24) is 0 Å². The van der Waals surface area contributed by atoms with Crippen LogP contribution in [0, 0.1) is 0 Å². The first-order valence-electron chi connectivity index (χ1n) is 9.04.